The Bertz CT molecular complexity index is 951. The van der Waals surface area contributed by atoms with E-state index in [9.17, 15) is 13.6 Å². The number of benzene rings is 1. The van der Waals surface area contributed by atoms with Crippen molar-refractivity contribution in [3.8, 4) is 0 Å². The molecule has 136 valence electrons. The van der Waals surface area contributed by atoms with E-state index >= 15 is 0 Å². The lowest BCUT2D eigenvalue weighted by atomic mass is 10.2. The average molecular weight is 380 g/mol. The summed E-state index contributed by atoms with van der Waals surface area (Å²) in [4.78, 5) is 27.1. The van der Waals surface area contributed by atoms with Crippen molar-refractivity contribution in [2.45, 2.75) is 12.7 Å². The second-order valence-electron chi connectivity index (χ2n) is 5.00. The van der Waals surface area contributed by atoms with Gasteiger partial charge < -0.3 is 15.5 Å². The number of imidazole rings is 1. The zero-order chi connectivity index (χ0) is 18.7. The van der Waals surface area contributed by atoms with Crippen molar-refractivity contribution in [1.29, 1.82) is 0 Å². The van der Waals surface area contributed by atoms with E-state index in [0.29, 0.717) is 5.52 Å². The summed E-state index contributed by atoms with van der Waals surface area (Å²) in [6, 6.07) is 3.84. The Labute approximate surface area is 150 Å². The van der Waals surface area contributed by atoms with Crippen LogP contribution in [-0.4, -0.2) is 32.6 Å². The van der Waals surface area contributed by atoms with Crippen molar-refractivity contribution in [3.05, 3.63) is 41.7 Å². The molecule has 8 nitrogen and oxygen atoms in total. The molecule has 0 unspecified atom stereocenters. The van der Waals surface area contributed by atoms with Gasteiger partial charge in [-0.05, 0) is 24.9 Å². The second-order valence-corrected chi connectivity index (χ2v) is 5.91. The molecule has 0 fully saturated rings. The van der Waals surface area contributed by atoms with Crippen molar-refractivity contribution in [3.63, 3.8) is 0 Å². The van der Waals surface area contributed by atoms with Crippen LogP contribution in [0.1, 0.15) is 12.5 Å². The molecule has 2 heterocycles. The van der Waals surface area contributed by atoms with E-state index in [1.165, 1.54) is 18.5 Å². The molecule has 0 spiro atoms. The topological polar surface area (TPSA) is 110 Å². The molecule has 0 saturated carbocycles. The number of halogens is 2. The van der Waals surface area contributed by atoms with Crippen LogP contribution in [-0.2, 0) is 10.5 Å². The standard InChI is InChI=1S/C15H14F2N6O2S/c1-2-25-15(24)23(26-6-8-4-3-5-9(16)10(8)17)14-21-11-12(18)19-7-20-13(11)22-14/h3-5,7H,2,6H2,1H3,(H3,18,19,20,21,22). The molecule has 3 N–H and O–H groups in total. The molecule has 0 radical (unpaired) electrons. The van der Waals surface area contributed by atoms with Crippen LogP contribution in [0.25, 0.3) is 11.2 Å². The molecular weight excluding hydrogens is 366 g/mol. The molecule has 0 aliphatic heterocycles. The fraction of sp³-hybridized carbons (Fsp3) is 0.200. The smallest absolute Gasteiger partial charge is 0.427 e. The van der Waals surface area contributed by atoms with Gasteiger partial charge in [0.15, 0.2) is 23.1 Å². The molecule has 3 rings (SSSR count). The van der Waals surface area contributed by atoms with E-state index in [4.69, 9.17) is 10.5 Å². The molecule has 1 amide bonds. The number of rotatable bonds is 5. The van der Waals surface area contributed by atoms with Gasteiger partial charge in [-0.25, -0.2) is 23.5 Å². The minimum Gasteiger partial charge on any atom is -0.449 e. The number of fused-ring (bicyclic) bond motifs is 1. The molecule has 26 heavy (non-hydrogen) atoms. The zero-order valence-electron chi connectivity index (χ0n) is 13.6. The second kappa shape index (κ2) is 7.52. The Morgan fingerprint density at radius 1 is 1.38 bits per heavy atom. The monoisotopic (exact) mass is 380 g/mol. The molecule has 0 aliphatic carbocycles. The van der Waals surface area contributed by atoms with Crippen LogP contribution in [0.3, 0.4) is 0 Å². The van der Waals surface area contributed by atoms with Crippen molar-refractivity contribution in [2.24, 2.45) is 0 Å². The van der Waals surface area contributed by atoms with Crippen LogP contribution in [0.2, 0.25) is 0 Å². The first-order chi connectivity index (χ1) is 12.5. The SMILES string of the molecule is CCOC(=O)N(SCc1cccc(F)c1F)c1nc2ncnc(N)c2[nH]1. The summed E-state index contributed by atoms with van der Waals surface area (Å²) < 4.78 is 33.3. The minimum absolute atomic E-state index is 0.0272. The third-order valence-electron chi connectivity index (χ3n) is 3.31. The number of hydrogen-bond donors (Lipinski definition) is 2. The van der Waals surface area contributed by atoms with Gasteiger partial charge in [0.2, 0.25) is 5.95 Å². The number of ether oxygens (including phenoxy) is 1. The van der Waals surface area contributed by atoms with E-state index < -0.39 is 17.7 Å². The normalized spacial score (nSPS) is 10.9. The minimum atomic E-state index is -0.969. The summed E-state index contributed by atoms with van der Waals surface area (Å²) in [7, 11) is 0. The molecule has 11 heteroatoms. The first-order valence-corrected chi connectivity index (χ1v) is 8.44. The number of nitrogens with two attached hydrogens (primary N) is 1. The molecule has 2 aromatic heterocycles. The Morgan fingerprint density at radius 2 is 2.19 bits per heavy atom. The first-order valence-electron chi connectivity index (χ1n) is 7.50. The summed E-state index contributed by atoms with van der Waals surface area (Å²) in [5, 5.41) is 0. The fourth-order valence-electron chi connectivity index (χ4n) is 2.11. The molecule has 0 atom stereocenters. The van der Waals surface area contributed by atoms with E-state index in [1.807, 2.05) is 0 Å². The van der Waals surface area contributed by atoms with E-state index in [1.54, 1.807) is 6.92 Å². The van der Waals surface area contributed by atoms with E-state index in [-0.39, 0.29) is 35.3 Å². The van der Waals surface area contributed by atoms with Crippen molar-refractivity contribution >= 4 is 41.0 Å². The van der Waals surface area contributed by atoms with Crippen molar-refractivity contribution in [2.75, 3.05) is 16.6 Å². The number of hydrogen-bond acceptors (Lipinski definition) is 7. The summed E-state index contributed by atoms with van der Waals surface area (Å²) in [5.41, 5.74) is 6.47. The Balaban J connectivity index is 1.90. The number of anilines is 2. The number of carbonyl (C=O) groups is 1. The fourth-order valence-corrected chi connectivity index (χ4v) is 2.96. The molecule has 0 saturated heterocycles. The molecule has 0 aliphatic rings. The van der Waals surface area contributed by atoms with Gasteiger partial charge in [0.05, 0.1) is 6.61 Å². The summed E-state index contributed by atoms with van der Waals surface area (Å²) >= 11 is 0.889. The number of nitrogens with zero attached hydrogens (tertiary/aromatic N) is 4. The highest BCUT2D eigenvalue weighted by Crippen LogP contribution is 2.28. The Morgan fingerprint density at radius 3 is 2.92 bits per heavy atom. The summed E-state index contributed by atoms with van der Waals surface area (Å²) in [6.45, 7) is 1.78. The van der Waals surface area contributed by atoms with Gasteiger partial charge in [0.1, 0.15) is 11.8 Å². The molecule has 1 aromatic carbocycles. The number of carbonyl (C=O) groups excluding carboxylic acids is 1. The van der Waals surface area contributed by atoms with Crippen LogP contribution >= 0.6 is 11.9 Å². The number of aromatic nitrogens is 4. The Hall–Kier alpha value is -2.95. The largest absolute Gasteiger partial charge is 0.449 e. The number of amides is 1. The first kappa shape index (κ1) is 17.9. The predicted molar refractivity (Wildman–Crippen MR) is 93.3 cm³/mol. The number of nitrogens with one attached hydrogen (secondary N) is 1. The molecule has 0 bridgehead atoms. The van der Waals surface area contributed by atoms with Gasteiger partial charge in [-0.1, -0.05) is 12.1 Å². The molecular formula is C15H14F2N6O2S. The van der Waals surface area contributed by atoms with Crippen LogP contribution in [0.15, 0.2) is 24.5 Å². The lowest BCUT2D eigenvalue weighted by Gasteiger charge is -2.17. The Kier molecular flexibility index (Phi) is 5.16. The van der Waals surface area contributed by atoms with Crippen LogP contribution in [0, 0.1) is 11.6 Å². The third kappa shape index (κ3) is 3.52. The summed E-state index contributed by atoms with van der Waals surface area (Å²) in [5.74, 6) is -1.70. The quantitative estimate of drug-likeness (QED) is 0.655. The average Bonchev–Trinajstić information content (AvgIpc) is 3.04. The lowest BCUT2D eigenvalue weighted by Crippen LogP contribution is -2.26. The van der Waals surface area contributed by atoms with E-state index in [2.05, 4.69) is 19.9 Å². The molecule has 3 aromatic rings. The highest BCUT2D eigenvalue weighted by atomic mass is 32.2. The van der Waals surface area contributed by atoms with Gasteiger partial charge in [0.25, 0.3) is 0 Å². The van der Waals surface area contributed by atoms with Gasteiger partial charge in [-0.2, -0.15) is 9.29 Å². The van der Waals surface area contributed by atoms with Crippen molar-refractivity contribution < 1.29 is 18.3 Å². The zero-order valence-corrected chi connectivity index (χ0v) is 14.4. The van der Waals surface area contributed by atoms with E-state index in [0.717, 1.165) is 22.3 Å². The van der Waals surface area contributed by atoms with Crippen molar-refractivity contribution in [1.82, 2.24) is 19.9 Å². The maximum Gasteiger partial charge on any atom is 0.427 e. The maximum atomic E-state index is 13.8. The highest BCUT2D eigenvalue weighted by Gasteiger charge is 2.23. The third-order valence-corrected chi connectivity index (χ3v) is 4.33. The highest BCUT2D eigenvalue weighted by molar-refractivity contribution is 8.00. The summed E-state index contributed by atoms with van der Waals surface area (Å²) in [6.07, 6.45) is 0.520. The van der Waals surface area contributed by atoms with Crippen LogP contribution in [0.4, 0.5) is 25.3 Å². The maximum absolute atomic E-state index is 13.8. The number of aromatic amines is 1. The van der Waals surface area contributed by atoms with Gasteiger partial charge in [-0.3, -0.25) is 0 Å². The predicted octanol–water partition coefficient (Wildman–Crippen LogP) is 3.02. The number of H-pyrrole nitrogens is 1. The van der Waals surface area contributed by atoms with Gasteiger partial charge >= 0.3 is 6.09 Å². The van der Waals surface area contributed by atoms with Gasteiger partial charge in [0, 0.05) is 11.3 Å². The van der Waals surface area contributed by atoms with Crippen LogP contribution in [0.5, 0.6) is 0 Å². The van der Waals surface area contributed by atoms with Crippen LogP contribution < -0.4 is 10.0 Å². The number of nitrogen functional groups attached to an aromatic ring is 1. The lowest BCUT2D eigenvalue weighted by molar-refractivity contribution is 0.164. The van der Waals surface area contributed by atoms with Gasteiger partial charge in [-0.15, -0.1) is 0 Å².